The zero-order chi connectivity index (χ0) is 24.4. The second-order valence-electron chi connectivity index (χ2n) is 8.37. The Morgan fingerprint density at radius 1 is 1.23 bits per heavy atom. The fourth-order valence-corrected chi connectivity index (χ4v) is 4.09. The van der Waals surface area contributed by atoms with Crippen LogP contribution in [0.5, 0.6) is 0 Å². The van der Waals surface area contributed by atoms with Crippen LogP contribution < -0.4 is 16.2 Å². The number of aromatic nitrogens is 5. The molecule has 0 spiro atoms. The van der Waals surface area contributed by atoms with Gasteiger partial charge in [0.1, 0.15) is 12.2 Å². The van der Waals surface area contributed by atoms with Gasteiger partial charge in [0.25, 0.3) is 5.91 Å². The van der Waals surface area contributed by atoms with E-state index in [1.807, 2.05) is 43.3 Å². The molecule has 180 valence electrons. The van der Waals surface area contributed by atoms with Crippen LogP contribution in [0.1, 0.15) is 23.8 Å². The van der Waals surface area contributed by atoms with E-state index in [1.54, 1.807) is 30.3 Å². The fourth-order valence-electron chi connectivity index (χ4n) is 4.09. The fraction of sp³-hybridized carbons (Fsp3) is 0.292. The number of carbonyl (C=O) groups excluding carboxylic acids is 1. The van der Waals surface area contributed by atoms with Gasteiger partial charge in [-0.15, -0.1) is 0 Å². The molecule has 4 N–H and O–H groups in total. The molecule has 3 atom stereocenters. The smallest absolute Gasteiger partial charge is 0.263 e. The number of benzene rings is 1. The maximum absolute atomic E-state index is 12.2. The summed E-state index contributed by atoms with van der Waals surface area (Å²) in [5, 5.41) is 14.1. The summed E-state index contributed by atoms with van der Waals surface area (Å²) in [6.45, 7) is 2.49. The van der Waals surface area contributed by atoms with Gasteiger partial charge >= 0.3 is 0 Å². The number of aliphatic hydroxyl groups excluding tert-OH is 1. The minimum Gasteiger partial charge on any atom is -0.388 e. The van der Waals surface area contributed by atoms with Gasteiger partial charge in [-0.1, -0.05) is 30.3 Å². The Morgan fingerprint density at radius 2 is 2.06 bits per heavy atom. The molecule has 11 nitrogen and oxygen atoms in total. The first-order chi connectivity index (χ1) is 17.0. The molecule has 0 unspecified atom stereocenters. The number of imidazole rings is 1. The van der Waals surface area contributed by atoms with E-state index >= 15 is 0 Å². The summed E-state index contributed by atoms with van der Waals surface area (Å²) in [6, 6.07) is 11.9. The number of nitrogens with one attached hydrogen (secondary N) is 3. The molecule has 1 fully saturated rings. The number of carbonyl (C=O) groups is 1. The average Bonchev–Trinajstić information content (AvgIpc) is 3.46. The van der Waals surface area contributed by atoms with Crippen LogP contribution in [0.4, 0.5) is 5.82 Å². The van der Waals surface area contributed by atoms with Gasteiger partial charge in [0, 0.05) is 38.0 Å². The van der Waals surface area contributed by atoms with Crippen molar-refractivity contribution < 1.29 is 14.6 Å². The van der Waals surface area contributed by atoms with Gasteiger partial charge < -0.3 is 15.2 Å². The number of anilines is 1. The first-order valence-electron chi connectivity index (χ1n) is 11.3. The number of pyridine rings is 1. The van der Waals surface area contributed by atoms with E-state index in [4.69, 9.17) is 14.7 Å². The average molecular weight is 475 g/mol. The maximum Gasteiger partial charge on any atom is 0.263 e. The van der Waals surface area contributed by atoms with Gasteiger partial charge in [0.15, 0.2) is 29.0 Å². The topological polar surface area (TPSA) is 139 Å². The molecule has 4 aromatic rings. The van der Waals surface area contributed by atoms with Crippen LogP contribution in [0.3, 0.4) is 0 Å². The summed E-state index contributed by atoms with van der Waals surface area (Å²) < 4.78 is 7.55. The van der Waals surface area contributed by atoms with Crippen molar-refractivity contribution >= 4 is 22.9 Å². The van der Waals surface area contributed by atoms with Crippen LogP contribution in [-0.2, 0) is 16.1 Å². The second kappa shape index (κ2) is 9.74. The zero-order valence-corrected chi connectivity index (χ0v) is 19.3. The Hall–Kier alpha value is -3.93. The molecule has 1 amide bonds. The number of aliphatic hydroxyl groups is 1. The molecule has 0 radical (unpaired) electrons. The highest BCUT2D eigenvalue weighted by Crippen LogP contribution is 2.33. The second-order valence-corrected chi connectivity index (χ2v) is 8.37. The largest absolute Gasteiger partial charge is 0.388 e. The van der Waals surface area contributed by atoms with Crippen molar-refractivity contribution in [2.45, 2.75) is 38.3 Å². The normalized spacial score (nSPS) is 19.7. The Labute approximate surface area is 201 Å². The number of amides is 1. The SMILES string of the molecule is CNNC(=O)[C@@H]1C[C@@H](O)[C@H](n2cnc3c(NCc4ccccc4)nc(-c4cncc(C)c4)nc32)O1. The molecule has 0 aliphatic carbocycles. The van der Waals surface area contributed by atoms with Crippen LogP contribution in [0.2, 0.25) is 0 Å². The van der Waals surface area contributed by atoms with E-state index in [2.05, 4.69) is 26.1 Å². The van der Waals surface area contributed by atoms with E-state index in [0.717, 1.165) is 16.7 Å². The summed E-state index contributed by atoms with van der Waals surface area (Å²) in [5.41, 5.74) is 8.91. The van der Waals surface area contributed by atoms with Crippen LogP contribution in [0.15, 0.2) is 55.1 Å². The number of rotatable bonds is 7. The van der Waals surface area contributed by atoms with Crippen LogP contribution >= 0.6 is 0 Å². The summed E-state index contributed by atoms with van der Waals surface area (Å²) in [5.74, 6) is 0.652. The van der Waals surface area contributed by atoms with Gasteiger partial charge in [-0.2, -0.15) is 0 Å². The molecule has 1 aliphatic rings. The van der Waals surface area contributed by atoms with Crippen molar-refractivity contribution in [2.75, 3.05) is 12.4 Å². The van der Waals surface area contributed by atoms with Crippen molar-refractivity contribution in [2.24, 2.45) is 0 Å². The zero-order valence-electron chi connectivity index (χ0n) is 19.3. The molecule has 3 aromatic heterocycles. The van der Waals surface area contributed by atoms with E-state index in [-0.39, 0.29) is 12.3 Å². The Balaban J connectivity index is 1.55. The van der Waals surface area contributed by atoms with Crippen molar-refractivity contribution in [3.63, 3.8) is 0 Å². The third-order valence-electron chi connectivity index (χ3n) is 5.76. The minimum atomic E-state index is -0.917. The lowest BCUT2D eigenvalue weighted by Crippen LogP contribution is -2.41. The molecule has 1 aromatic carbocycles. The Morgan fingerprint density at radius 3 is 2.83 bits per heavy atom. The quantitative estimate of drug-likeness (QED) is 0.295. The third-order valence-corrected chi connectivity index (χ3v) is 5.76. The van der Waals surface area contributed by atoms with E-state index < -0.39 is 18.4 Å². The van der Waals surface area contributed by atoms with E-state index in [0.29, 0.717) is 29.4 Å². The lowest BCUT2D eigenvalue weighted by molar-refractivity contribution is -0.135. The monoisotopic (exact) mass is 474 g/mol. The van der Waals surface area contributed by atoms with E-state index in [1.165, 1.54) is 0 Å². The number of aryl methyl sites for hydroxylation is 1. The standard InChI is InChI=1S/C24H26N8O3/c1-14-8-16(12-26-10-14)20-29-21(27-11-15-6-4-3-5-7-15)19-22(30-20)32(13-28-19)24-17(33)9-18(35-24)23(34)31-25-2/h3-8,10,12-13,17-18,24-25,33H,9,11H2,1-2H3,(H,31,34)(H,27,29,30)/t17-,18+,24-/m1/s1. The summed E-state index contributed by atoms with van der Waals surface area (Å²) >= 11 is 0. The molecule has 35 heavy (non-hydrogen) atoms. The number of hydrogen-bond acceptors (Lipinski definition) is 9. The molecular formula is C24H26N8O3. The molecule has 0 bridgehead atoms. The molecule has 0 saturated carbocycles. The predicted octanol–water partition coefficient (Wildman–Crippen LogP) is 1.71. The molecule has 4 heterocycles. The predicted molar refractivity (Wildman–Crippen MR) is 129 cm³/mol. The highest BCUT2D eigenvalue weighted by Gasteiger charge is 2.40. The first kappa shape index (κ1) is 22.8. The number of fused-ring (bicyclic) bond motifs is 1. The van der Waals surface area contributed by atoms with Crippen molar-refractivity contribution in [1.29, 1.82) is 0 Å². The van der Waals surface area contributed by atoms with Gasteiger partial charge in [0.05, 0.1) is 6.33 Å². The minimum absolute atomic E-state index is 0.150. The van der Waals surface area contributed by atoms with Crippen LogP contribution in [-0.4, -0.2) is 54.8 Å². The molecule has 1 aliphatic heterocycles. The molecule has 11 heteroatoms. The number of ether oxygens (including phenoxy) is 1. The number of hydrazine groups is 1. The van der Waals surface area contributed by atoms with Crippen molar-refractivity contribution in [3.8, 4) is 11.4 Å². The highest BCUT2D eigenvalue weighted by atomic mass is 16.5. The third kappa shape index (κ3) is 4.69. The first-order valence-corrected chi connectivity index (χ1v) is 11.3. The van der Waals surface area contributed by atoms with Gasteiger partial charge in [-0.25, -0.2) is 20.4 Å². The van der Waals surface area contributed by atoms with Crippen LogP contribution in [0.25, 0.3) is 22.6 Å². The Kier molecular flexibility index (Phi) is 6.36. The van der Waals surface area contributed by atoms with Crippen molar-refractivity contribution in [1.82, 2.24) is 35.4 Å². The Bertz CT molecular complexity index is 1340. The van der Waals surface area contributed by atoms with Crippen molar-refractivity contribution in [3.05, 3.63) is 66.2 Å². The summed E-state index contributed by atoms with van der Waals surface area (Å²) in [7, 11) is 1.59. The van der Waals surface area contributed by atoms with E-state index in [9.17, 15) is 9.90 Å². The lowest BCUT2D eigenvalue weighted by Gasteiger charge is -2.17. The highest BCUT2D eigenvalue weighted by molar-refractivity contribution is 5.85. The van der Waals surface area contributed by atoms with Crippen LogP contribution in [0, 0.1) is 6.92 Å². The maximum atomic E-state index is 12.2. The number of hydrogen-bond donors (Lipinski definition) is 4. The molecule has 5 rings (SSSR count). The van der Waals surface area contributed by atoms with Gasteiger partial charge in [-0.05, 0) is 24.1 Å². The number of nitrogens with zero attached hydrogens (tertiary/aromatic N) is 5. The van der Waals surface area contributed by atoms with Gasteiger partial charge in [-0.3, -0.25) is 19.8 Å². The summed E-state index contributed by atoms with van der Waals surface area (Å²) in [6.07, 6.45) is 2.62. The lowest BCUT2D eigenvalue weighted by atomic mass is 10.2. The summed E-state index contributed by atoms with van der Waals surface area (Å²) in [4.78, 5) is 30.5. The molecular weight excluding hydrogens is 448 g/mol. The van der Waals surface area contributed by atoms with Gasteiger partial charge in [0.2, 0.25) is 0 Å². The molecule has 1 saturated heterocycles.